The molecule has 0 aromatic carbocycles. The van der Waals surface area contributed by atoms with E-state index in [0.29, 0.717) is 6.61 Å². The van der Waals surface area contributed by atoms with Gasteiger partial charge in [0.1, 0.15) is 12.2 Å². The van der Waals surface area contributed by atoms with Crippen molar-refractivity contribution in [2.75, 3.05) is 33.0 Å². The molecule has 0 amide bonds. The number of hydrogen-bond acceptors (Lipinski definition) is 8. The second-order valence-corrected chi connectivity index (χ2v) is 15.8. The van der Waals surface area contributed by atoms with Gasteiger partial charge in [-0.3, -0.25) is 13.8 Å². The van der Waals surface area contributed by atoms with E-state index in [0.717, 1.165) is 44.9 Å². The molecule has 52 heavy (non-hydrogen) atoms. The minimum atomic E-state index is -4.51. The first-order valence-electron chi connectivity index (χ1n) is 21.3. The fraction of sp³-hybridized carbons (Fsp3) is 0.881. The molecule has 3 unspecified atom stereocenters. The average Bonchev–Trinajstić information content (AvgIpc) is 3.13. The summed E-state index contributed by atoms with van der Waals surface area (Å²) in [5.41, 5.74) is 0. The summed E-state index contributed by atoms with van der Waals surface area (Å²) in [6.45, 7) is 3.49. The van der Waals surface area contributed by atoms with Crippen LogP contribution >= 0.6 is 7.82 Å². The van der Waals surface area contributed by atoms with Crippen molar-refractivity contribution in [1.82, 2.24) is 0 Å². The largest absolute Gasteiger partial charge is 0.472 e. The molecule has 3 atom stereocenters. The van der Waals surface area contributed by atoms with Gasteiger partial charge in [0.05, 0.1) is 26.4 Å². The lowest BCUT2D eigenvalue weighted by Crippen LogP contribution is -2.29. The third-order valence-electron chi connectivity index (χ3n) is 9.14. The number of ether oxygens (including phenoxy) is 2. The summed E-state index contributed by atoms with van der Waals surface area (Å²) >= 11 is 0. The predicted molar refractivity (Wildman–Crippen MR) is 214 cm³/mol. The molecule has 10 heteroatoms. The van der Waals surface area contributed by atoms with Gasteiger partial charge in [-0.15, -0.1) is 0 Å². The van der Waals surface area contributed by atoms with Gasteiger partial charge in [0.15, 0.2) is 0 Å². The van der Waals surface area contributed by atoms with Gasteiger partial charge in [-0.25, -0.2) is 4.57 Å². The second-order valence-electron chi connectivity index (χ2n) is 14.4. The van der Waals surface area contributed by atoms with Crippen LogP contribution in [0.5, 0.6) is 0 Å². The van der Waals surface area contributed by atoms with Gasteiger partial charge in [-0.05, 0) is 44.9 Å². The zero-order chi connectivity index (χ0) is 38.2. The van der Waals surface area contributed by atoms with Crippen molar-refractivity contribution in [2.45, 2.75) is 206 Å². The number of hydrogen-bond donors (Lipinski definition) is 3. The molecule has 0 aliphatic heterocycles. The molecule has 0 saturated heterocycles. The van der Waals surface area contributed by atoms with E-state index in [-0.39, 0.29) is 25.6 Å². The number of carbonyl (C=O) groups is 1. The molecule has 0 fully saturated rings. The van der Waals surface area contributed by atoms with Gasteiger partial charge in [0, 0.05) is 13.0 Å². The van der Waals surface area contributed by atoms with Gasteiger partial charge in [-0.1, -0.05) is 167 Å². The zero-order valence-corrected chi connectivity index (χ0v) is 34.4. The van der Waals surface area contributed by atoms with Crippen molar-refractivity contribution in [3.63, 3.8) is 0 Å². The SMILES string of the molecule is CCCCCCC/C=C\C/C=C\CCCCCCCCCCCCOCC(COP(=O)(O)OCC(O)CO)OC(=O)CCCCCCCCCCC. The summed E-state index contributed by atoms with van der Waals surface area (Å²) in [6, 6.07) is 0. The monoisotopic (exact) mass is 761 g/mol. The van der Waals surface area contributed by atoms with Gasteiger partial charge in [0.25, 0.3) is 0 Å². The van der Waals surface area contributed by atoms with Gasteiger partial charge < -0.3 is 24.6 Å². The normalized spacial score (nSPS) is 14.3. The quantitative estimate of drug-likeness (QED) is 0.0241. The molecule has 0 aliphatic rings. The highest BCUT2D eigenvalue weighted by molar-refractivity contribution is 7.47. The minimum absolute atomic E-state index is 0.0505. The highest BCUT2D eigenvalue weighted by Gasteiger charge is 2.26. The Morgan fingerprint density at radius 3 is 1.54 bits per heavy atom. The fourth-order valence-corrected chi connectivity index (χ4v) is 6.65. The van der Waals surface area contributed by atoms with Gasteiger partial charge >= 0.3 is 13.8 Å². The van der Waals surface area contributed by atoms with Crippen molar-refractivity contribution in [3.8, 4) is 0 Å². The molecule has 0 heterocycles. The van der Waals surface area contributed by atoms with E-state index in [1.54, 1.807) is 0 Å². The van der Waals surface area contributed by atoms with E-state index in [9.17, 15) is 19.4 Å². The Morgan fingerprint density at radius 2 is 1.04 bits per heavy atom. The fourth-order valence-electron chi connectivity index (χ4n) is 5.86. The Labute approximate surface area is 319 Å². The first-order chi connectivity index (χ1) is 25.3. The van der Waals surface area contributed by atoms with E-state index < -0.39 is 33.2 Å². The van der Waals surface area contributed by atoms with E-state index >= 15 is 0 Å². The van der Waals surface area contributed by atoms with Crippen molar-refractivity contribution in [3.05, 3.63) is 24.3 Å². The molecule has 0 saturated carbocycles. The lowest BCUT2D eigenvalue weighted by atomic mass is 10.1. The Bertz CT molecular complexity index is 866. The molecule has 308 valence electrons. The number of phosphoric acid groups is 1. The second kappa shape index (κ2) is 39.6. The number of allylic oxidation sites excluding steroid dienone is 4. The molecular weight excluding hydrogens is 679 g/mol. The summed E-state index contributed by atoms with van der Waals surface area (Å²) in [7, 11) is -4.51. The summed E-state index contributed by atoms with van der Waals surface area (Å²) in [6.07, 6.45) is 40.0. The van der Waals surface area contributed by atoms with Crippen molar-refractivity contribution < 1.29 is 43.0 Å². The molecule has 3 N–H and O–H groups in total. The number of unbranched alkanes of at least 4 members (excludes halogenated alkanes) is 23. The lowest BCUT2D eigenvalue weighted by molar-refractivity contribution is -0.154. The number of aliphatic hydroxyl groups excluding tert-OH is 2. The van der Waals surface area contributed by atoms with Crippen LogP contribution in [-0.2, 0) is 27.9 Å². The average molecular weight is 761 g/mol. The Hall–Kier alpha value is -1.06. The molecule has 0 aliphatic carbocycles. The number of rotatable bonds is 41. The van der Waals surface area contributed by atoms with Crippen LogP contribution in [0.4, 0.5) is 0 Å². The van der Waals surface area contributed by atoms with E-state index in [4.69, 9.17) is 23.6 Å². The standard InChI is InChI=1S/C42H81O9P/c1-3-5-7-9-11-13-14-15-16-17-18-19-20-21-22-23-24-25-27-29-31-33-35-48-38-41(39-50-52(46,47)49-37-40(44)36-43)51-42(45)34-32-30-28-26-12-10-8-6-4-2/h14-15,17-18,40-41,43-44H,3-13,16,19-39H2,1-2H3,(H,46,47)/b15-14-,18-17-. The molecule has 9 nitrogen and oxygen atoms in total. The van der Waals surface area contributed by atoms with Gasteiger partial charge in [-0.2, -0.15) is 0 Å². The minimum Gasteiger partial charge on any atom is -0.457 e. The Kier molecular flexibility index (Phi) is 38.8. The summed E-state index contributed by atoms with van der Waals surface area (Å²) in [5.74, 6) is -0.386. The third kappa shape index (κ3) is 38.7. The third-order valence-corrected chi connectivity index (χ3v) is 10.1. The highest BCUT2D eigenvalue weighted by Crippen LogP contribution is 2.43. The summed E-state index contributed by atoms with van der Waals surface area (Å²) in [4.78, 5) is 22.4. The van der Waals surface area contributed by atoms with Crippen molar-refractivity contribution in [2.24, 2.45) is 0 Å². The van der Waals surface area contributed by atoms with Crippen LogP contribution in [-0.4, -0.2) is 66.3 Å². The number of aliphatic hydroxyl groups is 2. The molecular formula is C42H81O9P. The maximum Gasteiger partial charge on any atom is 0.472 e. The molecule has 0 rings (SSSR count). The predicted octanol–water partition coefficient (Wildman–Crippen LogP) is 11.5. The maximum absolute atomic E-state index is 12.5. The Balaban J connectivity index is 4.04. The molecule has 0 aromatic rings. The number of carbonyl (C=O) groups excluding carboxylic acids is 1. The van der Waals surface area contributed by atoms with E-state index in [2.05, 4.69) is 38.2 Å². The molecule has 0 aromatic heterocycles. The highest BCUT2D eigenvalue weighted by atomic mass is 31.2. The van der Waals surface area contributed by atoms with Crippen LogP contribution in [0.25, 0.3) is 0 Å². The van der Waals surface area contributed by atoms with E-state index in [1.165, 1.54) is 128 Å². The summed E-state index contributed by atoms with van der Waals surface area (Å²) in [5, 5.41) is 18.3. The first kappa shape index (κ1) is 50.9. The molecule has 0 bridgehead atoms. The number of phosphoric ester groups is 1. The smallest absolute Gasteiger partial charge is 0.457 e. The van der Waals surface area contributed by atoms with Crippen molar-refractivity contribution >= 4 is 13.8 Å². The number of esters is 1. The topological polar surface area (TPSA) is 132 Å². The first-order valence-corrected chi connectivity index (χ1v) is 22.8. The summed E-state index contributed by atoms with van der Waals surface area (Å²) < 4.78 is 33.3. The van der Waals surface area contributed by atoms with Crippen LogP contribution < -0.4 is 0 Å². The van der Waals surface area contributed by atoms with Crippen LogP contribution in [0, 0.1) is 0 Å². The molecule has 0 spiro atoms. The lowest BCUT2D eigenvalue weighted by Gasteiger charge is -2.20. The van der Waals surface area contributed by atoms with Crippen LogP contribution in [0.15, 0.2) is 24.3 Å². The van der Waals surface area contributed by atoms with Crippen LogP contribution in [0.3, 0.4) is 0 Å². The maximum atomic E-state index is 12.5. The Morgan fingerprint density at radius 1 is 0.596 bits per heavy atom. The van der Waals surface area contributed by atoms with Gasteiger partial charge in [0.2, 0.25) is 0 Å². The molecule has 0 radical (unpaired) electrons. The zero-order valence-electron chi connectivity index (χ0n) is 33.5. The van der Waals surface area contributed by atoms with Crippen LogP contribution in [0.1, 0.15) is 194 Å². The van der Waals surface area contributed by atoms with E-state index in [1.807, 2.05) is 0 Å². The van der Waals surface area contributed by atoms with Crippen molar-refractivity contribution in [1.29, 1.82) is 0 Å². The van der Waals surface area contributed by atoms with Crippen LogP contribution in [0.2, 0.25) is 0 Å².